The minimum atomic E-state index is -0.578. The van der Waals surface area contributed by atoms with Gasteiger partial charge in [0.15, 0.2) is 17.2 Å². The number of carbonyl (C=O) groups excluding carboxylic acids is 3. The quantitative estimate of drug-likeness (QED) is 0.360. The Morgan fingerprint density at radius 3 is 2.79 bits per heavy atom. The Kier molecular flexibility index (Phi) is 5.85. The fourth-order valence-corrected chi connectivity index (χ4v) is 5.18. The van der Waals surface area contributed by atoms with Gasteiger partial charge < -0.3 is 15.0 Å². The van der Waals surface area contributed by atoms with Crippen molar-refractivity contribution in [2.24, 2.45) is 5.92 Å². The van der Waals surface area contributed by atoms with Crippen molar-refractivity contribution in [1.29, 1.82) is 0 Å². The molecule has 6 rings (SSSR count). The number of Topliss-reactive ketones (excluding diaryl/α,β-unsaturated/α-hetero) is 1. The number of carbonyl (C=O) groups is 3. The first-order chi connectivity index (χ1) is 18.8. The van der Waals surface area contributed by atoms with E-state index in [9.17, 15) is 18.8 Å². The Morgan fingerprint density at radius 1 is 1.23 bits per heavy atom. The highest BCUT2D eigenvalue weighted by atomic mass is 19.1. The fourth-order valence-electron chi connectivity index (χ4n) is 5.18. The van der Waals surface area contributed by atoms with Crippen LogP contribution in [0.25, 0.3) is 16.9 Å². The van der Waals surface area contributed by atoms with Gasteiger partial charge in [-0.25, -0.2) is 18.9 Å². The van der Waals surface area contributed by atoms with E-state index in [1.54, 1.807) is 17.2 Å². The van der Waals surface area contributed by atoms with Crippen LogP contribution in [0.5, 0.6) is 5.88 Å². The smallest absolute Gasteiger partial charge is 0.272 e. The lowest BCUT2D eigenvalue weighted by atomic mass is 9.88. The lowest BCUT2D eigenvalue weighted by Crippen LogP contribution is -2.50. The highest BCUT2D eigenvalue weighted by Gasteiger charge is 2.54. The summed E-state index contributed by atoms with van der Waals surface area (Å²) in [7, 11) is 1.43. The average Bonchev–Trinajstić information content (AvgIpc) is 3.34. The van der Waals surface area contributed by atoms with Crippen LogP contribution in [0, 0.1) is 11.7 Å². The molecule has 1 aliphatic carbocycles. The molecule has 1 aliphatic heterocycles. The lowest BCUT2D eigenvalue weighted by molar-refractivity contribution is -0.122. The number of nitrogens with one attached hydrogen (secondary N) is 2. The molecule has 4 aromatic heterocycles. The van der Waals surface area contributed by atoms with Crippen molar-refractivity contribution in [3.63, 3.8) is 0 Å². The number of rotatable bonds is 6. The van der Waals surface area contributed by atoms with Gasteiger partial charge in [0.25, 0.3) is 5.91 Å². The molecule has 1 saturated carbocycles. The van der Waals surface area contributed by atoms with E-state index in [-0.39, 0.29) is 52.0 Å². The molecule has 2 aliphatic rings. The van der Waals surface area contributed by atoms with Gasteiger partial charge in [0.05, 0.1) is 25.2 Å². The number of aromatic amines is 1. The minimum Gasteiger partial charge on any atom is -0.481 e. The van der Waals surface area contributed by atoms with E-state index in [0.29, 0.717) is 30.7 Å². The van der Waals surface area contributed by atoms with Crippen molar-refractivity contribution in [2.45, 2.75) is 38.1 Å². The highest BCUT2D eigenvalue weighted by molar-refractivity contribution is 5.98. The van der Waals surface area contributed by atoms with Crippen LogP contribution in [-0.4, -0.2) is 71.5 Å². The van der Waals surface area contributed by atoms with Crippen LogP contribution in [0.4, 0.5) is 10.1 Å². The van der Waals surface area contributed by atoms with Gasteiger partial charge in [-0.2, -0.15) is 10.2 Å². The SMILES string of the molecule is COc1cc(-c2cc(C(=O)N3CCC(C(=O)Nc4cnn5ccc(C(C)=O)nc45)CC34CC4)[nH]n2)c(F)cn1. The number of H-pyrrole nitrogens is 1. The van der Waals surface area contributed by atoms with Crippen molar-refractivity contribution >= 4 is 28.9 Å². The van der Waals surface area contributed by atoms with Crippen LogP contribution in [0.15, 0.2) is 36.8 Å². The maximum atomic E-state index is 14.4. The number of halogens is 1. The number of ketones is 1. The second-order valence-corrected chi connectivity index (χ2v) is 9.93. The molecule has 2 N–H and O–H groups in total. The number of hydrogen-bond donors (Lipinski definition) is 2. The van der Waals surface area contributed by atoms with Gasteiger partial charge in [0.1, 0.15) is 17.1 Å². The Hall–Kier alpha value is -4.68. The predicted octanol–water partition coefficient (Wildman–Crippen LogP) is 2.89. The van der Waals surface area contributed by atoms with E-state index in [4.69, 9.17) is 4.74 Å². The van der Waals surface area contributed by atoms with E-state index in [1.165, 1.54) is 36.9 Å². The number of nitrogens with zero attached hydrogens (tertiary/aromatic N) is 6. The molecule has 13 heteroatoms. The first kappa shape index (κ1) is 24.6. The van der Waals surface area contributed by atoms with Crippen LogP contribution >= 0.6 is 0 Å². The molecule has 0 bridgehead atoms. The van der Waals surface area contributed by atoms with Crippen molar-refractivity contribution < 1.29 is 23.5 Å². The summed E-state index contributed by atoms with van der Waals surface area (Å²) in [5, 5.41) is 14.0. The van der Waals surface area contributed by atoms with Crippen molar-refractivity contribution in [3.8, 4) is 17.1 Å². The molecule has 0 aromatic carbocycles. The Bertz CT molecular complexity index is 1630. The van der Waals surface area contributed by atoms with Crippen molar-refractivity contribution in [1.82, 2.24) is 34.7 Å². The molecule has 12 nitrogen and oxygen atoms in total. The molecule has 1 spiro atoms. The number of hydrogen-bond acceptors (Lipinski definition) is 8. The fraction of sp³-hybridized carbons (Fsp3) is 0.346. The molecule has 39 heavy (non-hydrogen) atoms. The zero-order valence-corrected chi connectivity index (χ0v) is 21.3. The van der Waals surface area contributed by atoms with E-state index < -0.39 is 11.4 Å². The first-order valence-electron chi connectivity index (χ1n) is 12.5. The molecule has 4 aromatic rings. The summed E-state index contributed by atoms with van der Waals surface area (Å²) in [6.07, 6.45) is 6.75. The third kappa shape index (κ3) is 4.39. The summed E-state index contributed by atoms with van der Waals surface area (Å²) < 4.78 is 20.9. The summed E-state index contributed by atoms with van der Waals surface area (Å²) in [5.41, 5.74) is 1.38. The summed E-state index contributed by atoms with van der Waals surface area (Å²) >= 11 is 0. The number of aromatic nitrogens is 6. The Morgan fingerprint density at radius 2 is 2.05 bits per heavy atom. The van der Waals surface area contributed by atoms with E-state index in [0.717, 1.165) is 19.0 Å². The zero-order valence-electron chi connectivity index (χ0n) is 21.3. The molecule has 1 saturated heterocycles. The van der Waals surface area contributed by atoms with Crippen molar-refractivity contribution in [3.05, 3.63) is 54.0 Å². The van der Waals surface area contributed by atoms with Gasteiger partial charge in [0, 0.05) is 42.8 Å². The number of amides is 2. The number of pyridine rings is 1. The van der Waals surface area contributed by atoms with Gasteiger partial charge in [-0.3, -0.25) is 19.5 Å². The molecule has 5 heterocycles. The Labute approximate surface area is 221 Å². The molecular formula is C26H25FN8O4. The van der Waals surface area contributed by atoms with Gasteiger partial charge >= 0.3 is 0 Å². The number of likely N-dealkylation sites (tertiary alicyclic amines) is 1. The van der Waals surface area contributed by atoms with Crippen LogP contribution < -0.4 is 10.1 Å². The Balaban J connectivity index is 1.16. The predicted molar refractivity (Wildman–Crippen MR) is 136 cm³/mol. The summed E-state index contributed by atoms with van der Waals surface area (Å²) in [6, 6.07) is 4.51. The van der Waals surface area contributed by atoms with Crippen LogP contribution in [-0.2, 0) is 4.79 Å². The maximum Gasteiger partial charge on any atom is 0.272 e. The number of methoxy groups -OCH3 is 1. The maximum absolute atomic E-state index is 14.4. The van der Waals surface area contributed by atoms with Gasteiger partial charge in [0.2, 0.25) is 11.8 Å². The summed E-state index contributed by atoms with van der Waals surface area (Å²) in [5.74, 6) is -1.25. The molecule has 1 atom stereocenters. The van der Waals surface area contributed by atoms with E-state index >= 15 is 0 Å². The van der Waals surface area contributed by atoms with Gasteiger partial charge in [-0.1, -0.05) is 0 Å². The van der Waals surface area contributed by atoms with Crippen LogP contribution in [0.2, 0.25) is 0 Å². The molecular weight excluding hydrogens is 507 g/mol. The van der Waals surface area contributed by atoms with Gasteiger partial charge in [-0.15, -0.1) is 0 Å². The van der Waals surface area contributed by atoms with E-state index in [2.05, 4.69) is 30.6 Å². The standard InChI is InChI=1S/C26H25FN8O4/c1-14(36)18-4-8-35-23(30-18)21(13-29-35)31-24(37)15-3-7-34(26(11-15)5-6-26)25(38)20-10-19(32-33-20)16-9-22(39-2)28-12-17(16)27/h4,8-10,12-13,15H,3,5-7,11H2,1-2H3,(H,31,37)(H,32,33). The summed E-state index contributed by atoms with van der Waals surface area (Å²) in [4.78, 5) is 48.4. The number of anilines is 1. The molecule has 200 valence electrons. The topological polar surface area (TPSA) is 147 Å². The van der Waals surface area contributed by atoms with Crippen LogP contribution in [0.3, 0.4) is 0 Å². The zero-order chi connectivity index (χ0) is 27.3. The van der Waals surface area contributed by atoms with Gasteiger partial charge in [-0.05, 0) is 37.8 Å². The molecule has 0 radical (unpaired) electrons. The molecule has 1 unspecified atom stereocenters. The number of piperidine rings is 1. The highest BCUT2D eigenvalue weighted by Crippen LogP contribution is 2.50. The summed E-state index contributed by atoms with van der Waals surface area (Å²) in [6.45, 7) is 1.82. The minimum absolute atomic E-state index is 0.172. The van der Waals surface area contributed by atoms with Crippen LogP contribution in [0.1, 0.15) is 53.6 Å². The van der Waals surface area contributed by atoms with E-state index in [1.807, 2.05) is 0 Å². The monoisotopic (exact) mass is 532 g/mol. The third-order valence-corrected chi connectivity index (χ3v) is 7.45. The third-order valence-electron chi connectivity index (χ3n) is 7.45. The number of ether oxygens (including phenoxy) is 1. The normalized spacial score (nSPS) is 17.8. The van der Waals surface area contributed by atoms with Crippen molar-refractivity contribution in [2.75, 3.05) is 19.0 Å². The first-order valence-corrected chi connectivity index (χ1v) is 12.5. The largest absolute Gasteiger partial charge is 0.481 e. The molecule has 2 amide bonds. The average molecular weight is 533 g/mol. The second kappa shape index (κ2) is 9.26. The number of fused-ring (bicyclic) bond motifs is 1. The lowest BCUT2D eigenvalue weighted by Gasteiger charge is -2.39. The second-order valence-electron chi connectivity index (χ2n) is 9.93. The molecule has 2 fully saturated rings.